The third kappa shape index (κ3) is 5.66. The molecular formula is C31H24N4O6. The number of nitrogens with one attached hydrogen (secondary N) is 1. The van der Waals surface area contributed by atoms with Gasteiger partial charge in [0, 0.05) is 29.3 Å². The third-order valence-electron chi connectivity index (χ3n) is 6.34. The maximum atomic E-state index is 13.6. The van der Waals surface area contributed by atoms with Gasteiger partial charge in [-0.1, -0.05) is 30.3 Å². The average Bonchev–Trinajstić information content (AvgIpc) is 3.33. The molecule has 2 amide bonds. The number of carbonyl (C=O) groups excluding carboxylic acids is 2. The number of rotatable bonds is 8. The van der Waals surface area contributed by atoms with Crippen molar-refractivity contribution in [3.8, 4) is 11.5 Å². The molecule has 0 spiro atoms. The van der Waals surface area contributed by atoms with Gasteiger partial charge in [-0.25, -0.2) is 4.99 Å². The van der Waals surface area contributed by atoms with Crippen molar-refractivity contribution in [3.63, 3.8) is 0 Å². The highest BCUT2D eigenvalue weighted by Gasteiger charge is 2.32. The van der Waals surface area contributed by atoms with E-state index < -0.39 is 4.92 Å². The Morgan fingerprint density at radius 3 is 2.27 bits per heavy atom. The first kappa shape index (κ1) is 26.8. The van der Waals surface area contributed by atoms with Crippen LogP contribution in [-0.4, -0.2) is 36.8 Å². The van der Waals surface area contributed by atoms with Gasteiger partial charge >= 0.3 is 0 Å². The van der Waals surface area contributed by atoms with E-state index in [1.54, 1.807) is 60.7 Å². The molecule has 0 fully saturated rings. The van der Waals surface area contributed by atoms with E-state index in [1.807, 2.05) is 30.3 Å². The fourth-order valence-electron chi connectivity index (χ4n) is 4.26. The lowest BCUT2D eigenvalue weighted by atomic mass is 10.1. The number of amides is 2. The summed E-state index contributed by atoms with van der Waals surface area (Å²) >= 11 is 0. The summed E-state index contributed by atoms with van der Waals surface area (Å²) in [6.07, 6.45) is 1.58. The zero-order chi connectivity index (χ0) is 28.9. The molecule has 0 unspecified atom stereocenters. The maximum Gasteiger partial charge on any atom is 0.282 e. The van der Waals surface area contributed by atoms with Crippen LogP contribution >= 0.6 is 0 Å². The zero-order valence-corrected chi connectivity index (χ0v) is 22.1. The highest BCUT2D eigenvalue weighted by atomic mass is 16.6. The summed E-state index contributed by atoms with van der Waals surface area (Å²) in [5.41, 5.74) is 2.77. The molecule has 5 rings (SSSR count). The molecule has 10 nitrogen and oxygen atoms in total. The summed E-state index contributed by atoms with van der Waals surface area (Å²) in [6.45, 7) is 0. The number of nitro benzene ring substituents is 1. The second-order valence-corrected chi connectivity index (χ2v) is 8.89. The molecule has 1 aliphatic rings. The van der Waals surface area contributed by atoms with E-state index in [2.05, 4.69) is 10.3 Å². The van der Waals surface area contributed by atoms with Gasteiger partial charge in [-0.15, -0.1) is 0 Å². The first-order valence-electron chi connectivity index (χ1n) is 12.5. The van der Waals surface area contributed by atoms with Crippen molar-refractivity contribution < 1.29 is 24.0 Å². The Hall–Kier alpha value is -5.77. The molecule has 4 aromatic carbocycles. The van der Waals surface area contributed by atoms with Gasteiger partial charge in [0.25, 0.3) is 17.5 Å². The molecule has 0 saturated carbocycles. The predicted octanol–water partition coefficient (Wildman–Crippen LogP) is 5.70. The Morgan fingerprint density at radius 2 is 1.63 bits per heavy atom. The third-order valence-corrected chi connectivity index (χ3v) is 6.34. The van der Waals surface area contributed by atoms with Crippen molar-refractivity contribution in [1.29, 1.82) is 0 Å². The normalized spacial score (nSPS) is 13.6. The van der Waals surface area contributed by atoms with Gasteiger partial charge in [-0.3, -0.25) is 24.6 Å². The molecule has 0 aromatic heterocycles. The lowest BCUT2D eigenvalue weighted by molar-refractivity contribution is -0.384. The van der Waals surface area contributed by atoms with Gasteiger partial charge in [-0.2, -0.15) is 0 Å². The van der Waals surface area contributed by atoms with Gasteiger partial charge in [0.05, 0.1) is 30.5 Å². The minimum atomic E-state index is -0.484. The molecule has 0 saturated heterocycles. The van der Waals surface area contributed by atoms with E-state index in [4.69, 9.17) is 9.47 Å². The summed E-state index contributed by atoms with van der Waals surface area (Å²) in [7, 11) is 3.04. The molecule has 10 heteroatoms. The lowest BCUT2D eigenvalue weighted by Gasteiger charge is -2.19. The van der Waals surface area contributed by atoms with Crippen molar-refractivity contribution in [2.24, 2.45) is 4.99 Å². The fraction of sp³-hybridized carbons (Fsp3) is 0.0645. The van der Waals surface area contributed by atoms with Crippen molar-refractivity contribution in [1.82, 2.24) is 0 Å². The van der Waals surface area contributed by atoms with Gasteiger partial charge in [-0.05, 0) is 60.2 Å². The molecule has 0 aliphatic carbocycles. The number of methoxy groups -OCH3 is 2. The summed E-state index contributed by atoms with van der Waals surface area (Å²) in [4.78, 5) is 43.2. The van der Waals surface area contributed by atoms with E-state index in [0.29, 0.717) is 39.8 Å². The average molecular weight is 549 g/mol. The number of carbonyl (C=O) groups is 2. The van der Waals surface area contributed by atoms with Gasteiger partial charge in [0.2, 0.25) is 0 Å². The van der Waals surface area contributed by atoms with Crippen LogP contribution in [-0.2, 0) is 4.79 Å². The minimum absolute atomic E-state index is 0.0472. The topological polar surface area (TPSA) is 123 Å². The van der Waals surface area contributed by atoms with Crippen molar-refractivity contribution in [3.05, 3.63) is 130 Å². The highest BCUT2D eigenvalue weighted by molar-refractivity contribution is 6.33. The monoisotopic (exact) mass is 548 g/mol. The molecule has 0 bridgehead atoms. The van der Waals surface area contributed by atoms with Crippen LogP contribution in [0.2, 0.25) is 0 Å². The number of nitrogens with zero attached hydrogens (tertiary/aromatic N) is 3. The molecule has 4 aromatic rings. The smallest absolute Gasteiger partial charge is 0.282 e. The quantitative estimate of drug-likeness (QED) is 0.171. The maximum absolute atomic E-state index is 13.6. The van der Waals surface area contributed by atoms with Crippen LogP contribution in [0.25, 0.3) is 6.08 Å². The molecule has 0 atom stereocenters. The van der Waals surface area contributed by atoms with Crippen LogP contribution < -0.4 is 19.7 Å². The number of anilines is 2. The Kier molecular flexibility index (Phi) is 7.55. The SMILES string of the molecule is COc1ccc(OC)c(NC(=O)c2ccc(N3C(=O)C(=Cc4ccc([N+](=O)[O-])cc4)N=C3c3ccccc3)cc2)c1. The van der Waals surface area contributed by atoms with Crippen LogP contribution in [0.1, 0.15) is 21.5 Å². The Balaban J connectivity index is 1.44. The largest absolute Gasteiger partial charge is 0.497 e. The van der Waals surface area contributed by atoms with E-state index >= 15 is 0 Å². The molecular weight excluding hydrogens is 524 g/mol. The molecule has 1 N–H and O–H groups in total. The number of nitro groups is 1. The van der Waals surface area contributed by atoms with E-state index in [-0.39, 0.29) is 23.2 Å². The molecule has 1 aliphatic heterocycles. The lowest BCUT2D eigenvalue weighted by Crippen LogP contribution is -2.32. The Bertz CT molecular complexity index is 1680. The van der Waals surface area contributed by atoms with Gasteiger partial charge in [0.15, 0.2) is 0 Å². The molecule has 41 heavy (non-hydrogen) atoms. The Labute approximate surface area is 235 Å². The van der Waals surface area contributed by atoms with E-state index in [1.165, 1.54) is 31.3 Å². The number of amidine groups is 1. The summed E-state index contributed by atoms with van der Waals surface area (Å²) in [5.74, 6) is 0.720. The van der Waals surface area contributed by atoms with Crippen LogP contribution in [0.3, 0.4) is 0 Å². The number of benzene rings is 4. The minimum Gasteiger partial charge on any atom is -0.497 e. The van der Waals surface area contributed by atoms with Gasteiger partial charge in [0.1, 0.15) is 23.0 Å². The van der Waals surface area contributed by atoms with Crippen molar-refractivity contribution in [2.75, 3.05) is 24.4 Å². The van der Waals surface area contributed by atoms with Crippen molar-refractivity contribution >= 4 is 40.8 Å². The van der Waals surface area contributed by atoms with Crippen LogP contribution in [0.4, 0.5) is 17.1 Å². The van der Waals surface area contributed by atoms with E-state index in [9.17, 15) is 19.7 Å². The fourth-order valence-corrected chi connectivity index (χ4v) is 4.26. The number of hydrogen-bond donors (Lipinski definition) is 1. The zero-order valence-electron chi connectivity index (χ0n) is 22.1. The summed E-state index contributed by atoms with van der Waals surface area (Å²) < 4.78 is 10.6. The van der Waals surface area contributed by atoms with Gasteiger partial charge < -0.3 is 14.8 Å². The number of ether oxygens (including phenoxy) is 2. The summed E-state index contributed by atoms with van der Waals surface area (Å²) in [6, 6.07) is 26.8. The van der Waals surface area contributed by atoms with E-state index in [0.717, 1.165) is 5.56 Å². The highest BCUT2D eigenvalue weighted by Crippen LogP contribution is 2.31. The van der Waals surface area contributed by atoms with Crippen molar-refractivity contribution in [2.45, 2.75) is 0 Å². The standard InChI is InChI=1S/C31H24N4O6/c1-40-25-16-17-28(41-2)26(19-25)33-30(36)22-10-14-23(15-11-22)34-29(21-6-4-3-5-7-21)32-27(31(34)37)18-20-8-12-24(13-9-20)35(38)39/h3-19H,1-2H3,(H,33,36). The molecule has 204 valence electrons. The summed E-state index contributed by atoms with van der Waals surface area (Å²) in [5, 5.41) is 13.8. The number of aliphatic imine (C=N–C) groups is 1. The number of non-ortho nitro benzene ring substituents is 1. The predicted molar refractivity (Wildman–Crippen MR) is 155 cm³/mol. The van der Waals surface area contributed by atoms with Crippen LogP contribution in [0, 0.1) is 10.1 Å². The second kappa shape index (κ2) is 11.5. The first-order chi connectivity index (χ1) is 19.9. The van der Waals surface area contributed by atoms with Crippen LogP contribution in [0.5, 0.6) is 11.5 Å². The molecule has 1 heterocycles. The Morgan fingerprint density at radius 1 is 0.927 bits per heavy atom. The second-order valence-electron chi connectivity index (χ2n) is 8.89. The van der Waals surface area contributed by atoms with Crippen LogP contribution in [0.15, 0.2) is 108 Å². The first-order valence-corrected chi connectivity index (χ1v) is 12.5. The number of hydrogen-bond acceptors (Lipinski definition) is 7. The molecule has 0 radical (unpaired) electrons.